The van der Waals surface area contributed by atoms with Crippen molar-refractivity contribution in [3.05, 3.63) is 30.6 Å². The summed E-state index contributed by atoms with van der Waals surface area (Å²) in [6.45, 7) is 1.12. The van der Waals surface area contributed by atoms with Gasteiger partial charge in [0.2, 0.25) is 0 Å². The molecule has 2 fully saturated rings. The zero-order valence-electron chi connectivity index (χ0n) is 10.5. The van der Waals surface area contributed by atoms with Gasteiger partial charge in [0.05, 0.1) is 0 Å². The van der Waals surface area contributed by atoms with Crippen molar-refractivity contribution in [2.45, 2.75) is 25.7 Å². The molecular formula is C15H19N3. The molecule has 18 heavy (non-hydrogen) atoms. The van der Waals surface area contributed by atoms with Crippen LogP contribution in [0.2, 0.25) is 0 Å². The fraction of sp³-hybridized carbons (Fsp3) is 0.533. The number of hydrogen-bond donors (Lipinski definition) is 1. The third-order valence-corrected chi connectivity index (χ3v) is 4.86. The molecule has 2 aromatic heterocycles. The van der Waals surface area contributed by atoms with Crippen molar-refractivity contribution in [1.29, 1.82) is 0 Å². The highest BCUT2D eigenvalue weighted by Gasteiger charge is 2.39. The molecule has 0 aromatic carbocycles. The zero-order chi connectivity index (χ0) is 11.9. The Hall–Kier alpha value is -1.51. The van der Waals surface area contributed by atoms with Gasteiger partial charge in [-0.05, 0) is 49.1 Å². The van der Waals surface area contributed by atoms with Crippen LogP contribution in [-0.2, 0) is 0 Å². The third-order valence-electron chi connectivity index (χ3n) is 4.86. The van der Waals surface area contributed by atoms with Crippen molar-refractivity contribution in [1.82, 2.24) is 9.38 Å². The van der Waals surface area contributed by atoms with Crippen LogP contribution in [-0.4, -0.2) is 15.9 Å². The number of hydrogen-bond acceptors (Lipinski definition) is 2. The van der Waals surface area contributed by atoms with Gasteiger partial charge < -0.3 is 5.32 Å². The molecule has 2 aliphatic carbocycles. The van der Waals surface area contributed by atoms with E-state index in [1.165, 1.54) is 31.5 Å². The summed E-state index contributed by atoms with van der Waals surface area (Å²) in [5.41, 5.74) is 1.02. The quantitative estimate of drug-likeness (QED) is 0.894. The van der Waals surface area contributed by atoms with Crippen LogP contribution in [0.4, 0.5) is 5.82 Å². The van der Waals surface area contributed by atoms with Crippen LogP contribution >= 0.6 is 0 Å². The summed E-state index contributed by atoms with van der Waals surface area (Å²) in [4.78, 5) is 4.32. The molecule has 0 radical (unpaired) electrons. The molecule has 0 aliphatic heterocycles. The number of pyridine rings is 1. The van der Waals surface area contributed by atoms with Crippen molar-refractivity contribution in [2.24, 2.45) is 17.8 Å². The highest BCUT2D eigenvalue weighted by molar-refractivity contribution is 5.49. The van der Waals surface area contributed by atoms with E-state index in [2.05, 4.69) is 26.8 Å². The molecule has 4 rings (SSSR count). The minimum atomic E-state index is 0.891. The lowest BCUT2D eigenvalue weighted by Gasteiger charge is -2.22. The van der Waals surface area contributed by atoms with Gasteiger partial charge in [0.25, 0.3) is 0 Å². The van der Waals surface area contributed by atoms with Crippen LogP contribution in [0.15, 0.2) is 30.6 Å². The minimum absolute atomic E-state index is 0.891. The third kappa shape index (κ3) is 1.61. The van der Waals surface area contributed by atoms with Crippen LogP contribution in [0.25, 0.3) is 5.65 Å². The predicted octanol–water partition coefficient (Wildman–Crippen LogP) is 3.18. The number of imidazole rings is 1. The average Bonchev–Trinajstić information content (AvgIpc) is 3.11. The minimum Gasteiger partial charge on any atom is -0.371 e. The Labute approximate surface area is 107 Å². The van der Waals surface area contributed by atoms with E-state index in [0.717, 1.165) is 29.9 Å². The second-order valence-corrected chi connectivity index (χ2v) is 5.88. The lowest BCUT2D eigenvalue weighted by atomic mass is 9.89. The van der Waals surface area contributed by atoms with E-state index in [4.69, 9.17) is 0 Å². The molecule has 2 bridgehead atoms. The van der Waals surface area contributed by atoms with Crippen LogP contribution < -0.4 is 5.32 Å². The first kappa shape index (κ1) is 10.4. The maximum absolute atomic E-state index is 4.32. The van der Waals surface area contributed by atoms with E-state index in [0.29, 0.717) is 0 Å². The van der Waals surface area contributed by atoms with Gasteiger partial charge in [-0.15, -0.1) is 0 Å². The Bertz CT molecular complexity index is 560. The molecule has 3 unspecified atom stereocenters. The monoisotopic (exact) mass is 241 g/mol. The predicted molar refractivity (Wildman–Crippen MR) is 72.6 cm³/mol. The van der Waals surface area contributed by atoms with Crippen LogP contribution in [0.5, 0.6) is 0 Å². The van der Waals surface area contributed by atoms with E-state index < -0.39 is 0 Å². The van der Waals surface area contributed by atoms with E-state index in [9.17, 15) is 0 Å². The first-order valence-corrected chi connectivity index (χ1v) is 7.06. The molecule has 94 valence electrons. The Morgan fingerprint density at radius 1 is 1.28 bits per heavy atom. The van der Waals surface area contributed by atoms with Gasteiger partial charge in [-0.2, -0.15) is 0 Å². The largest absolute Gasteiger partial charge is 0.371 e. The molecule has 3 atom stereocenters. The van der Waals surface area contributed by atoms with Crippen LogP contribution in [0.1, 0.15) is 25.7 Å². The molecule has 2 aliphatic rings. The van der Waals surface area contributed by atoms with Gasteiger partial charge in [0.15, 0.2) is 0 Å². The van der Waals surface area contributed by atoms with E-state index in [1.807, 2.05) is 18.5 Å². The lowest BCUT2D eigenvalue weighted by Crippen LogP contribution is -2.20. The Morgan fingerprint density at radius 2 is 2.28 bits per heavy atom. The number of nitrogens with zero attached hydrogens (tertiary/aromatic N) is 2. The molecule has 0 amide bonds. The van der Waals surface area contributed by atoms with Crippen LogP contribution in [0, 0.1) is 17.8 Å². The maximum atomic E-state index is 4.32. The molecule has 0 saturated heterocycles. The number of anilines is 1. The van der Waals surface area contributed by atoms with Gasteiger partial charge in [-0.1, -0.05) is 12.5 Å². The number of rotatable bonds is 3. The second kappa shape index (κ2) is 4.01. The standard InChI is InChI=1S/C15H19N3/c1-2-14-16-6-7-18(14)15(3-1)17-10-13-9-11-4-5-12(13)8-11/h1-3,6-7,11-13,17H,4-5,8-10H2. The summed E-state index contributed by atoms with van der Waals surface area (Å²) in [5.74, 6) is 4.09. The van der Waals surface area contributed by atoms with Crippen LogP contribution in [0.3, 0.4) is 0 Å². The summed E-state index contributed by atoms with van der Waals surface area (Å²) in [7, 11) is 0. The summed E-state index contributed by atoms with van der Waals surface area (Å²) >= 11 is 0. The van der Waals surface area contributed by atoms with Crippen molar-refractivity contribution in [3.63, 3.8) is 0 Å². The molecule has 1 N–H and O–H groups in total. The SMILES string of the molecule is c1cc(NCC2CC3CCC2C3)n2ccnc2c1. The summed E-state index contributed by atoms with van der Waals surface area (Å²) in [6, 6.07) is 6.26. The van der Waals surface area contributed by atoms with Gasteiger partial charge in [0.1, 0.15) is 11.5 Å². The van der Waals surface area contributed by atoms with Gasteiger partial charge in [-0.25, -0.2) is 4.98 Å². The number of nitrogens with one attached hydrogen (secondary N) is 1. The topological polar surface area (TPSA) is 29.3 Å². The molecule has 2 heterocycles. The highest BCUT2D eigenvalue weighted by Crippen LogP contribution is 2.48. The number of aromatic nitrogens is 2. The summed E-state index contributed by atoms with van der Waals surface area (Å²) in [5, 5.41) is 3.62. The Kier molecular flexibility index (Phi) is 2.32. The fourth-order valence-electron chi connectivity index (χ4n) is 3.95. The summed E-state index contributed by atoms with van der Waals surface area (Å²) in [6.07, 6.45) is 9.76. The molecule has 2 saturated carbocycles. The van der Waals surface area contributed by atoms with E-state index in [1.54, 1.807) is 0 Å². The number of fused-ring (bicyclic) bond motifs is 3. The fourth-order valence-corrected chi connectivity index (χ4v) is 3.95. The Morgan fingerprint density at radius 3 is 3.11 bits per heavy atom. The van der Waals surface area contributed by atoms with Crippen molar-refractivity contribution >= 4 is 11.5 Å². The van der Waals surface area contributed by atoms with E-state index in [-0.39, 0.29) is 0 Å². The van der Waals surface area contributed by atoms with Gasteiger partial charge in [-0.3, -0.25) is 4.40 Å². The van der Waals surface area contributed by atoms with Gasteiger partial charge >= 0.3 is 0 Å². The molecule has 3 nitrogen and oxygen atoms in total. The Balaban J connectivity index is 1.50. The smallest absolute Gasteiger partial charge is 0.138 e. The lowest BCUT2D eigenvalue weighted by molar-refractivity contribution is 0.348. The first-order valence-electron chi connectivity index (χ1n) is 7.06. The van der Waals surface area contributed by atoms with Crippen molar-refractivity contribution < 1.29 is 0 Å². The normalized spacial score (nSPS) is 30.1. The maximum Gasteiger partial charge on any atom is 0.138 e. The van der Waals surface area contributed by atoms with Gasteiger partial charge in [0, 0.05) is 18.9 Å². The average molecular weight is 241 g/mol. The first-order chi connectivity index (χ1) is 8.90. The molecular weight excluding hydrogens is 222 g/mol. The molecule has 3 heteroatoms. The molecule has 2 aromatic rings. The zero-order valence-corrected chi connectivity index (χ0v) is 10.5. The molecule has 0 spiro atoms. The van der Waals surface area contributed by atoms with E-state index >= 15 is 0 Å². The second-order valence-electron chi connectivity index (χ2n) is 5.88. The summed E-state index contributed by atoms with van der Waals surface area (Å²) < 4.78 is 2.13. The van der Waals surface area contributed by atoms with Crippen molar-refractivity contribution in [3.8, 4) is 0 Å². The van der Waals surface area contributed by atoms with Crippen molar-refractivity contribution in [2.75, 3.05) is 11.9 Å². The highest BCUT2D eigenvalue weighted by atomic mass is 15.1.